The Morgan fingerprint density at radius 3 is 2.42 bits per heavy atom. The molecule has 0 aromatic rings. The third kappa shape index (κ3) is 3.11. The first-order valence-corrected chi connectivity index (χ1v) is 5.11. The van der Waals surface area contributed by atoms with E-state index in [-0.39, 0.29) is 0 Å². The zero-order chi connectivity index (χ0) is 8.97. The molecule has 2 unspecified atom stereocenters. The van der Waals surface area contributed by atoms with Gasteiger partial charge in [0.15, 0.2) is 0 Å². The molecule has 2 N–H and O–H groups in total. The maximum absolute atomic E-state index is 9.51. The van der Waals surface area contributed by atoms with Crippen molar-refractivity contribution < 1.29 is 10.2 Å². The van der Waals surface area contributed by atoms with Crippen molar-refractivity contribution in [2.24, 2.45) is 5.92 Å². The van der Waals surface area contributed by atoms with Gasteiger partial charge in [-0.05, 0) is 25.2 Å². The fraction of sp³-hybridized carbons (Fsp3) is 1.00. The van der Waals surface area contributed by atoms with E-state index in [2.05, 4.69) is 6.92 Å². The molecule has 72 valence electrons. The molecule has 1 rings (SSSR count). The minimum atomic E-state index is -0.468. The van der Waals surface area contributed by atoms with Gasteiger partial charge >= 0.3 is 0 Å². The van der Waals surface area contributed by atoms with Gasteiger partial charge in [-0.15, -0.1) is 0 Å². The van der Waals surface area contributed by atoms with Crippen LogP contribution in [0.3, 0.4) is 0 Å². The van der Waals surface area contributed by atoms with E-state index < -0.39 is 12.2 Å². The van der Waals surface area contributed by atoms with Crippen LogP contribution in [0.25, 0.3) is 0 Å². The summed E-state index contributed by atoms with van der Waals surface area (Å²) in [6, 6.07) is 0. The van der Waals surface area contributed by atoms with E-state index >= 15 is 0 Å². The van der Waals surface area contributed by atoms with Gasteiger partial charge in [-0.3, -0.25) is 0 Å². The zero-order valence-electron chi connectivity index (χ0n) is 7.87. The van der Waals surface area contributed by atoms with E-state index in [4.69, 9.17) is 0 Å². The summed E-state index contributed by atoms with van der Waals surface area (Å²) in [5, 5.41) is 19.0. The van der Waals surface area contributed by atoms with Crippen molar-refractivity contribution >= 4 is 0 Å². The van der Waals surface area contributed by atoms with E-state index in [9.17, 15) is 10.2 Å². The second-order valence-electron chi connectivity index (χ2n) is 3.89. The summed E-state index contributed by atoms with van der Waals surface area (Å²) in [6.45, 7) is 2.14. The lowest BCUT2D eigenvalue weighted by molar-refractivity contribution is 0.000375. The molecule has 0 saturated heterocycles. The Labute approximate surface area is 74.6 Å². The third-order valence-corrected chi connectivity index (χ3v) is 2.60. The molecule has 0 amide bonds. The van der Waals surface area contributed by atoms with E-state index in [1.807, 2.05) is 0 Å². The van der Waals surface area contributed by atoms with Crippen molar-refractivity contribution in [3.05, 3.63) is 0 Å². The molecule has 12 heavy (non-hydrogen) atoms. The molecule has 0 radical (unpaired) electrons. The molecule has 0 spiro atoms. The van der Waals surface area contributed by atoms with Crippen LogP contribution in [0.15, 0.2) is 0 Å². The van der Waals surface area contributed by atoms with Crippen LogP contribution >= 0.6 is 0 Å². The standard InChI is InChI=1S/C10H20O2/c1-2-3-4-5-9(11)10(12)8-6-7-8/h8-12H,2-7H2,1H3. The summed E-state index contributed by atoms with van der Waals surface area (Å²) in [5.74, 6) is 0.404. The maximum atomic E-state index is 9.51. The smallest absolute Gasteiger partial charge is 0.0827 e. The van der Waals surface area contributed by atoms with Crippen LogP contribution in [0.5, 0.6) is 0 Å². The number of unbranched alkanes of at least 4 members (excludes halogenated alkanes) is 2. The lowest BCUT2D eigenvalue weighted by Gasteiger charge is -2.16. The first kappa shape index (κ1) is 10.0. The van der Waals surface area contributed by atoms with Crippen molar-refractivity contribution in [1.82, 2.24) is 0 Å². The van der Waals surface area contributed by atoms with Crippen LogP contribution < -0.4 is 0 Å². The Hall–Kier alpha value is -0.0800. The monoisotopic (exact) mass is 172 g/mol. The van der Waals surface area contributed by atoms with Crippen molar-refractivity contribution in [2.45, 2.75) is 57.7 Å². The van der Waals surface area contributed by atoms with Crippen molar-refractivity contribution in [3.63, 3.8) is 0 Å². The fourth-order valence-corrected chi connectivity index (χ4v) is 1.53. The highest BCUT2D eigenvalue weighted by Crippen LogP contribution is 2.34. The van der Waals surface area contributed by atoms with Gasteiger partial charge in [0.25, 0.3) is 0 Å². The Morgan fingerprint density at radius 1 is 1.25 bits per heavy atom. The average molecular weight is 172 g/mol. The summed E-state index contributed by atoms with van der Waals surface area (Å²) in [6.07, 6.45) is 5.44. The average Bonchev–Trinajstić information content (AvgIpc) is 2.86. The lowest BCUT2D eigenvalue weighted by atomic mass is 10.0. The number of hydrogen-bond acceptors (Lipinski definition) is 2. The molecule has 2 atom stereocenters. The van der Waals surface area contributed by atoms with Crippen LogP contribution in [-0.4, -0.2) is 22.4 Å². The zero-order valence-corrected chi connectivity index (χ0v) is 7.87. The van der Waals surface area contributed by atoms with E-state index in [1.165, 1.54) is 6.42 Å². The highest BCUT2D eigenvalue weighted by Gasteiger charge is 2.33. The van der Waals surface area contributed by atoms with E-state index in [1.54, 1.807) is 0 Å². The number of aliphatic hydroxyl groups excluding tert-OH is 2. The maximum Gasteiger partial charge on any atom is 0.0827 e. The number of aliphatic hydroxyl groups is 2. The summed E-state index contributed by atoms with van der Waals surface area (Å²) in [5.41, 5.74) is 0. The predicted molar refractivity (Wildman–Crippen MR) is 48.9 cm³/mol. The molecule has 1 saturated carbocycles. The van der Waals surface area contributed by atoms with Gasteiger partial charge in [-0.1, -0.05) is 26.2 Å². The van der Waals surface area contributed by atoms with Crippen molar-refractivity contribution in [1.29, 1.82) is 0 Å². The minimum Gasteiger partial charge on any atom is -0.390 e. The number of hydrogen-bond donors (Lipinski definition) is 2. The van der Waals surface area contributed by atoms with Gasteiger partial charge in [0.1, 0.15) is 0 Å². The Bertz CT molecular complexity index is 121. The normalized spacial score (nSPS) is 22.2. The fourth-order valence-electron chi connectivity index (χ4n) is 1.53. The van der Waals surface area contributed by atoms with Gasteiger partial charge in [0.05, 0.1) is 12.2 Å². The SMILES string of the molecule is CCCCCC(O)C(O)C1CC1. The van der Waals surface area contributed by atoms with Crippen LogP contribution in [0, 0.1) is 5.92 Å². The first-order valence-electron chi connectivity index (χ1n) is 5.11. The molecule has 0 heterocycles. The van der Waals surface area contributed by atoms with E-state index in [0.717, 1.165) is 32.1 Å². The highest BCUT2D eigenvalue weighted by atomic mass is 16.3. The molecule has 1 fully saturated rings. The molecule has 0 aromatic heterocycles. The minimum absolute atomic E-state index is 0.404. The second kappa shape index (κ2) is 4.83. The molecule has 0 bridgehead atoms. The highest BCUT2D eigenvalue weighted by molar-refractivity contribution is 4.85. The Kier molecular flexibility index (Phi) is 4.02. The van der Waals surface area contributed by atoms with Crippen LogP contribution in [0.2, 0.25) is 0 Å². The molecule has 2 nitrogen and oxygen atoms in total. The molecule has 1 aliphatic carbocycles. The number of rotatable bonds is 6. The second-order valence-corrected chi connectivity index (χ2v) is 3.89. The van der Waals surface area contributed by atoms with Gasteiger partial charge in [-0.25, -0.2) is 0 Å². The Balaban J connectivity index is 2.04. The van der Waals surface area contributed by atoms with Gasteiger partial charge in [-0.2, -0.15) is 0 Å². The summed E-state index contributed by atoms with van der Waals surface area (Å²) in [7, 11) is 0. The first-order chi connectivity index (χ1) is 5.75. The van der Waals surface area contributed by atoms with Gasteiger partial charge in [0, 0.05) is 0 Å². The molecular weight excluding hydrogens is 152 g/mol. The van der Waals surface area contributed by atoms with E-state index in [0.29, 0.717) is 5.92 Å². The van der Waals surface area contributed by atoms with Crippen LogP contribution in [0.4, 0.5) is 0 Å². The molecule has 2 heteroatoms. The van der Waals surface area contributed by atoms with Gasteiger partial charge < -0.3 is 10.2 Å². The van der Waals surface area contributed by atoms with Crippen molar-refractivity contribution in [2.75, 3.05) is 0 Å². The molecular formula is C10H20O2. The predicted octanol–water partition coefficient (Wildman–Crippen LogP) is 1.70. The summed E-state index contributed by atoms with van der Waals surface area (Å²) < 4.78 is 0. The lowest BCUT2D eigenvalue weighted by Crippen LogP contribution is -2.27. The molecule has 1 aliphatic rings. The third-order valence-electron chi connectivity index (χ3n) is 2.60. The summed E-state index contributed by atoms with van der Waals surface area (Å²) >= 11 is 0. The summed E-state index contributed by atoms with van der Waals surface area (Å²) in [4.78, 5) is 0. The quantitative estimate of drug-likeness (QED) is 0.599. The van der Waals surface area contributed by atoms with Gasteiger partial charge in [0.2, 0.25) is 0 Å². The molecule has 0 aromatic carbocycles. The van der Waals surface area contributed by atoms with Crippen LogP contribution in [-0.2, 0) is 0 Å². The largest absolute Gasteiger partial charge is 0.390 e. The van der Waals surface area contributed by atoms with Crippen LogP contribution in [0.1, 0.15) is 45.4 Å². The van der Waals surface area contributed by atoms with Crippen molar-refractivity contribution in [3.8, 4) is 0 Å². The Morgan fingerprint density at radius 2 is 1.92 bits per heavy atom. The molecule has 0 aliphatic heterocycles. The topological polar surface area (TPSA) is 40.5 Å².